The molecule has 1 aliphatic carbocycles. The molecule has 8 heteroatoms. The summed E-state index contributed by atoms with van der Waals surface area (Å²) in [6, 6.07) is 6.70. The maximum atomic E-state index is 13.4. The summed E-state index contributed by atoms with van der Waals surface area (Å²) < 4.78 is 46.1. The van der Waals surface area contributed by atoms with E-state index in [1.165, 1.54) is 0 Å². The highest BCUT2D eigenvalue weighted by Gasteiger charge is 2.35. The molecule has 2 aliphatic rings. The molecule has 2 heterocycles. The first-order valence-corrected chi connectivity index (χ1v) is 10.2. The summed E-state index contributed by atoms with van der Waals surface area (Å²) >= 11 is 0. The lowest BCUT2D eigenvalue weighted by atomic mass is 10.0. The first-order valence-electron chi connectivity index (χ1n) is 10.2. The van der Waals surface area contributed by atoms with Gasteiger partial charge in [0.2, 0.25) is 5.91 Å². The lowest BCUT2D eigenvalue weighted by molar-refractivity contribution is -0.122. The van der Waals surface area contributed by atoms with Gasteiger partial charge in [0.25, 0.3) is 0 Å². The Balaban J connectivity index is 1.60. The van der Waals surface area contributed by atoms with Gasteiger partial charge in [0.05, 0.1) is 17.0 Å². The van der Waals surface area contributed by atoms with Gasteiger partial charge in [-0.3, -0.25) is 9.69 Å². The van der Waals surface area contributed by atoms with E-state index >= 15 is 0 Å². The third-order valence-corrected chi connectivity index (χ3v) is 5.41. The average Bonchev–Trinajstić information content (AvgIpc) is 3.53. The molecule has 1 amide bonds. The highest BCUT2D eigenvalue weighted by Crippen LogP contribution is 2.36. The Kier molecular flexibility index (Phi) is 5.75. The normalized spacial score (nSPS) is 17.7. The third kappa shape index (κ3) is 5.07. The number of aromatic nitrogens is 1. The van der Waals surface area contributed by atoms with Crippen molar-refractivity contribution < 1.29 is 22.7 Å². The second-order valence-electron chi connectivity index (χ2n) is 8.14. The van der Waals surface area contributed by atoms with E-state index in [9.17, 15) is 18.0 Å². The number of rotatable bonds is 7. The molecular weight excluding hydrogens is 407 g/mol. The maximum absolute atomic E-state index is 13.4. The lowest BCUT2D eigenvalue weighted by Gasteiger charge is -2.36. The van der Waals surface area contributed by atoms with Crippen molar-refractivity contribution in [3.63, 3.8) is 0 Å². The Morgan fingerprint density at radius 1 is 1.32 bits per heavy atom. The van der Waals surface area contributed by atoms with E-state index in [0.717, 1.165) is 25.9 Å². The summed E-state index contributed by atoms with van der Waals surface area (Å²) in [5, 5.41) is 3.73. The van der Waals surface area contributed by atoms with Crippen LogP contribution in [-0.2, 0) is 4.79 Å². The van der Waals surface area contributed by atoms with Gasteiger partial charge in [-0.15, -0.1) is 0 Å². The molecule has 31 heavy (non-hydrogen) atoms. The van der Waals surface area contributed by atoms with Crippen LogP contribution in [0.1, 0.15) is 24.2 Å². The van der Waals surface area contributed by atoms with Gasteiger partial charge in [-0.25, -0.2) is 4.98 Å². The Hall–Kier alpha value is -2.87. The first kappa shape index (κ1) is 21.4. The third-order valence-electron chi connectivity index (χ3n) is 5.41. The molecule has 2 aromatic rings. The van der Waals surface area contributed by atoms with Crippen LogP contribution in [0.3, 0.4) is 0 Å². The Labute approximate surface area is 178 Å². The van der Waals surface area contributed by atoms with Gasteiger partial charge < -0.3 is 10.1 Å². The first-order chi connectivity index (χ1) is 14.7. The van der Waals surface area contributed by atoms with Crippen LogP contribution in [0.5, 0.6) is 5.75 Å². The molecule has 1 saturated heterocycles. The van der Waals surface area contributed by atoms with Crippen molar-refractivity contribution in [1.29, 1.82) is 0 Å². The van der Waals surface area contributed by atoms with Gasteiger partial charge in [-0.05, 0) is 55.6 Å². The van der Waals surface area contributed by atoms with Gasteiger partial charge in [0, 0.05) is 30.9 Å². The minimum Gasteiger partial charge on any atom is -0.488 e. The topological polar surface area (TPSA) is 54.5 Å². The number of hydrogen-bond donors (Lipinski definition) is 1. The molecule has 1 aromatic carbocycles. The van der Waals surface area contributed by atoms with Crippen LogP contribution in [0.25, 0.3) is 22.4 Å². The fourth-order valence-electron chi connectivity index (χ4n) is 3.52. The second-order valence-corrected chi connectivity index (χ2v) is 8.14. The molecule has 5 nitrogen and oxygen atoms in total. The zero-order chi connectivity index (χ0) is 22.2. The number of allylic oxidation sites excluding steroid dienone is 1. The SMILES string of the molecule is C=C(c1nc(/C=C/CNC(=O)C2CC2)cc2cc(OC3CN(C)C3)ccc12)C(F)(F)F. The fraction of sp³-hybridized carbons (Fsp3) is 0.391. The number of alkyl halides is 3. The summed E-state index contributed by atoms with van der Waals surface area (Å²) in [5.74, 6) is 0.709. The van der Waals surface area contributed by atoms with E-state index in [4.69, 9.17) is 4.74 Å². The van der Waals surface area contributed by atoms with Crippen LogP contribution < -0.4 is 10.1 Å². The highest BCUT2D eigenvalue weighted by atomic mass is 19.4. The van der Waals surface area contributed by atoms with Crippen LogP contribution in [-0.4, -0.2) is 54.8 Å². The summed E-state index contributed by atoms with van der Waals surface area (Å²) in [4.78, 5) is 18.0. The number of benzene rings is 1. The van der Waals surface area contributed by atoms with Crippen molar-refractivity contribution in [2.75, 3.05) is 26.7 Å². The number of pyridine rings is 1. The molecule has 1 N–H and O–H groups in total. The molecule has 4 rings (SSSR count). The molecule has 1 aromatic heterocycles. The molecule has 0 spiro atoms. The molecule has 2 fully saturated rings. The van der Waals surface area contributed by atoms with Gasteiger partial charge in [0.15, 0.2) is 0 Å². The number of nitrogens with zero attached hydrogens (tertiary/aromatic N) is 2. The minimum atomic E-state index is -4.59. The van der Waals surface area contributed by atoms with Crippen molar-refractivity contribution in [3.05, 3.63) is 48.3 Å². The number of halogens is 3. The second kappa shape index (κ2) is 8.34. The van der Waals surface area contributed by atoms with E-state index in [0.29, 0.717) is 28.8 Å². The summed E-state index contributed by atoms with van der Waals surface area (Å²) in [5.41, 5.74) is -0.847. The number of fused-ring (bicyclic) bond motifs is 1. The van der Waals surface area contributed by atoms with E-state index in [1.807, 2.05) is 7.05 Å². The van der Waals surface area contributed by atoms with Crippen molar-refractivity contribution in [1.82, 2.24) is 15.2 Å². The molecule has 0 atom stereocenters. The number of hydrogen-bond acceptors (Lipinski definition) is 4. The van der Waals surface area contributed by atoms with Crippen LogP contribution >= 0.6 is 0 Å². The van der Waals surface area contributed by atoms with Crippen LogP contribution in [0.15, 0.2) is 36.9 Å². The molecule has 1 aliphatic heterocycles. The van der Waals surface area contributed by atoms with Crippen LogP contribution in [0, 0.1) is 5.92 Å². The zero-order valence-corrected chi connectivity index (χ0v) is 17.2. The number of ether oxygens (including phenoxy) is 1. The molecular formula is C23H24F3N3O2. The average molecular weight is 431 g/mol. The van der Waals surface area contributed by atoms with Crippen LogP contribution in [0.2, 0.25) is 0 Å². The van der Waals surface area contributed by atoms with Crippen LogP contribution in [0.4, 0.5) is 13.2 Å². The highest BCUT2D eigenvalue weighted by molar-refractivity contribution is 5.94. The number of likely N-dealkylation sites (N-methyl/N-ethyl adjacent to an activating group) is 1. The maximum Gasteiger partial charge on any atom is 0.417 e. The van der Waals surface area contributed by atoms with Crippen molar-refractivity contribution in [3.8, 4) is 5.75 Å². The van der Waals surface area contributed by atoms with Gasteiger partial charge >= 0.3 is 6.18 Å². The van der Waals surface area contributed by atoms with Gasteiger partial charge in [-0.1, -0.05) is 12.7 Å². The minimum absolute atomic E-state index is 0.00527. The quantitative estimate of drug-likeness (QED) is 0.719. The molecule has 0 unspecified atom stereocenters. The largest absolute Gasteiger partial charge is 0.488 e. The standard InChI is InChI=1S/C23H24F3N3O2/c1-14(23(24,25)26)21-20-8-7-18(31-19-12-29(2)13-19)11-16(20)10-17(28-21)4-3-9-27-22(30)15-5-6-15/h3-4,7-8,10-11,15,19H,1,5-6,9,12-13H2,2H3,(H,27,30)/b4-3+. The number of carbonyl (C=O) groups is 1. The van der Waals surface area contributed by atoms with Crippen molar-refractivity contribution in [2.45, 2.75) is 25.1 Å². The molecule has 1 saturated carbocycles. The number of nitrogens with one attached hydrogen (secondary N) is 1. The predicted octanol–water partition coefficient (Wildman–Crippen LogP) is 4.04. The Morgan fingerprint density at radius 2 is 2.06 bits per heavy atom. The summed E-state index contributed by atoms with van der Waals surface area (Å²) in [6.07, 6.45) is 0.584. The number of amides is 1. The molecule has 164 valence electrons. The van der Waals surface area contributed by atoms with E-state index < -0.39 is 11.7 Å². The lowest BCUT2D eigenvalue weighted by Crippen LogP contribution is -2.51. The smallest absolute Gasteiger partial charge is 0.417 e. The van der Waals surface area contributed by atoms with E-state index in [-0.39, 0.29) is 23.6 Å². The van der Waals surface area contributed by atoms with E-state index in [2.05, 4.69) is 21.8 Å². The zero-order valence-electron chi connectivity index (χ0n) is 17.2. The summed E-state index contributed by atoms with van der Waals surface area (Å²) in [7, 11) is 1.99. The number of carbonyl (C=O) groups excluding carboxylic acids is 1. The predicted molar refractivity (Wildman–Crippen MR) is 114 cm³/mol. The van der Waals surface area contributed by atoms with Gasteiger partial charge in [0.1, 0.15) is 11.9 Å². The monoisotopic (exact) mass is 431 g/mol. The van der Waals surface area contributed by atoms with Crippen molar-refractivity contribution in [2.24, 2.45) is 5.92 Å². The summed E-state index contributed by atoms with van der Waals surface area (Å²) in [6.45, 7) is 5.15. The van der Waals surface area contributed by atoms with E-state index in [1.54, 1.807) is 36.4 Å². The molecule has 0 radical (unpaired) electrons. The molecule has 0 bridgehead atoms. The van der Waals surface area contributed by atoms with Gasteiger partial charge in [-0.2, -0.15) is 13.2 Å². The van der Waals surface area contributed by atoms with Crippen molar-refractivity contribution >= 4 is 28.3 Å². The number of likely N-dealkylation sites (tertiary alicyclic amines) is 1. The Bertz CT molecular complexity index is 1040. The Morgan fingerprint density at radius 3 is 2.71 bits per heavy atom. The fourth-order valence-corrected chi connectivity index (χ4v) is 3.52.